The van der Waals surface area contributed by atoms with Crippen molar-refractivity contribution in [1.29, 1.82) is 0 Å². The molecule has 0 saturated heterocycles. The minimum absolute atomic E-state index is 0.833. The van der Waals surface area contributed by atoms with Gasteiger partial charge in [-0.2, -0.15) is 0 Å². The summed E-state index contributed by atoms with van der Waals surface area (Å²) in [4.78, 5) is 2.35. The van der Waals surface area contributed by atoms with Crippen LogP contribution in [0, 0.1) is 0 Å². The highest BCUT2D eigenvalue weighted by Crippen LogP contribution is 2.48. The summed E-state index contributed by atoms with van der Waals surface area (Å²) in [5, 5.41) is 9.19. The molecule has 0 fully saturated rings. The molecule has 3 heterocycles. The number of para-hydroxylation sites is 6. The van der Waals surface area contributed by atoms with Crippen LogP contribution in [0.25, 0.3) is 93.3 Å². The molecule has 12 aromatic rings. The van der Waals surface area contributed by atoms with Gasteiger partial charge in [-0.25, -0.2) is 0 Å². The molecule has 0 bridgehead atoms. The number of rotatable bonds is 5. The van der Waals surface area contributed by atoms with Crippen molar-refractivity contribution >= 4 is 93.5 Å². The first-order valence-electron chi connectivity index (χ1n) is 19.0. The molecule has 0 amide bonds. The topological polar surface area (TPSA) is 34.5 Å². The zero-order chi connectivity index (χ0) is 36.7. The maximum atomic E-state index is 6.81. The number of hydrogen-bond acceptors (Lipinski definition) is 3. The third kappa shape index (κ3) is 4.53. The van der Waals surface area contributed by atoms with Crippen molar-refractivity contribution in [1.82, 2.24) is 4.57 Å². The molecule has 0 aliphatic heterocycles. The summed E-state index contributed by atoms with van der Waals surface area (Å²) in [5.74, 6) is 0. The molecule has 0 aliphatic carbocycles. The number of fused-ring (bicyclic) bond motifs is 10. The van der Waals surface area contributed by atoms with Crippen molar-refractivity contribution in [2.75, 3.05) is 4.90 Å². The first-order chi connectivity index (χ1) is 27.8. The van der Waals surface area contributed by atoms with Crippen LogP contribution < -0.4 is 4.90 Å². The minimum Gasteiger partial charge on any atom is -0.455 e. The quantitative estimate of drug-likeness (QED) is 0.178. The normalized spacial score (nSPS) is 11.9. The zero-order valence-corrected chi connectivity index (χ0v) is 30.2. The number of hydrogen-bond donors (Lipinski definition) is 0. The first kappa shape index (κ1) is 30.9. The molecule has 4 heteroatoms. The van der Waals surface area contributed by atoms with E-state index >= 15 is 0 Å². The van der Waals surface area contributed by atoms with Gasteiger partial charge in [-0.3, -0.25) is 0 Å². The Morgan fingerprint density at radius 2 is 0.929 bits per heavy atom. The zero-order valence-electron chi connectivity index (χ0n) is 30.2. The molecule has 3 aromatic heterocycles. The molecule has 0 radical (unpaired) electrons. The molecular formula is C52H32N2O2. The van der Waals surface area contributed by atoms with E-state index in [4.69, 9.17) is 8.83 Å². The van der Waals surface area contributed by atoms with Gasteiger partial charge in [0.1, 0.15) is 16.7 Å². The predicted molar refractivity (Wildman–Crippen MR) is 233 cm³/mol. The van der Waals surface area contributed by atoms with Gasteiger partial charge in [0.25, 0.3) is 0 Å². The van der Waals surface area contributed by atoms with Gasteiger partial charge in [0.2, 0.25) is 0 Å². The number of aromatic nitrogens is 1. The lowest BCUT2D eigenvalue weighted by molar-refractivity contribution is 0.669. The van der Waals surface area contributed by atoms with Gasteiger partial charge in [0, 0.05) is 54.8 Å². The van der Waals surface area contributed by atoms with Gasteiger partial charge in [0.05, 0.1) is 22.4 Å². The van der Waals surface area contributed by atoms with Crippen LogP contribution in [-0.2, 0) is 0 Å². The minimum atomic E-state index is 0.833. The average molecular weight is 717 g/mol. The fourth-order valence-electron chi connectivity index (χ4n) is 8.88. The fourth-order valence-corrected chi connectivity index (χ4v) is 8.88. The maximum Gasteiger partial charge on any atom is 0.159 e. The molecule has 12 rings (SSSR count). The van der Waals surface area contributed by atoms with Crippen LogP contribution in [0.15, 0.2) is 203 Å². The Hall–Kier alpha value is -7.56. The van der Waals surface area contributed by atoms with Gasteiger partial charge in [0.15, 0.2) is 5.58 Å². The van der Waals surface area contributed by atoms with Crippen LogP contribution in [-0.4, -0.2) is 4.57 Å². The summed E-state index contributed by atoms with van der Waals surface area (Å²) < 4.78 is 15.9. The summed E-state index contributed by atoms with van der Waals surface area (Å²) in [6.45, 7) is 0. The molecule has 56 heavy (non-hydrogen) atoms. The summed E-state index contributed by atoms with van der Waals surface area (Å²) in [6.07, 6.45) is 0. The molecule has 4 nitrogen and oxygen atoms in total. The van der Waals surface area contributed by atoms with Gasteiger partial charge >= 0.3 is 0 Å². The number of benzene rings is 9. The Kier molecular flexibility index (Phi) is 6.60. The second-order valence-electron chi connectivity index (χ2n) is 14.5. The molecule has 0 saturated carbocycles. The Labute approximate surface area is 321 Å². The Morgan fingerprint density at radius 1 is 0.357 bits per heavy atom. The van der Waals surface area contributed by atoms with Gasteiger partial charge in [-0.05, 0) is 71.4 Å². The lowest BCUT2D eigenvalue weighted by atomic mass is 9.98. The third-order valence-electron chi connectivity index (χ3n) is 11.4. The summed E-state index contributed by atoms with van der Waals surface area (Å²) in [5.41, 5.74) is 11.9. The maximum absolute atomic E-state index is 6.81. The Bertz CT molecular complexity index is 3460. The Balaban J connectivity index is 1.13. The first-order valence-corrected chi connectivity index (χ1v) is 19.0. The van der Waals surface area contributed by atoms with E-state index in [2.05, 4.69) is 191 Å². The van der Waals surface area contributed by atoms with Crippen LogP contribution in [0.2, 0.25) is 0 Å². The van der Waals surface area contributed by atoms with Crippen molar-refractivity contribution in [3.8, 4) is 16.8 Å². The summed E-state index contributed by atoms with van der Waals surface area (Å²) in [6, 6.07) is 68.9. The van der Waals surface area contributed by atoms with Crippen molar-refractivity contribution in [3.05, 3.63) is 194 Å². The second-order valence-corrected chi connectivity index (χ2v) is 14.5. The standard InChI is InChI=1S/C52H32N2O2/c1-2-15-34-31-50-44(30-33(34)14-1)43-23-12-22-41(51(43)56-50)39-20-5-9-27-47(39)54(48-28-13-24-42-40-21-6-10-29-49(40)55-52(42)48)36-17-11-16-35(32-36)53-45-25-7-3-18-37(45)38-19-4-8-26-46(38)53/h1-32H. The molecule has 262 valence electrons. The highest BCUT2D eigenvalue weighted by atomic mass is 16.3. The molecular weight excluding hydrogens is 685 g/mol. The van der Waals surface area contributed by atoms with E-state index < -0.39 is 0 Å². The summed E-state index contributed by atoms with van der Waals surface area (Å²) >= 11 is 0. The van der Waals surface area contributed by atoms with E-state index in [0.717, 1.165) is 83.1 Å². The largest absolute Gasteiger partial charge is 0.455 e. The lowest BCUT2D eigenvalue weighted by Crippen LogP contribution is -2.12. The number of nitrogens with zero attached hydrogens (tertiary/aromatic N) is 2. The molecule has 0 atom stereocenters. The van der Waals surface area contributed by atoms with Crippen molar-refractivity contribution in [3.63, 3.8) is 0 Å². The van der Waals surface area contributed by atoms with Crippen LogP contribution in [0.3, 0.4) is 0 Å². The highest BCUT2D eigenvalue weighted by molar-refractivity contribution is 6.15. The van der Waals surface area contributed by atoms with Crippen LogP contribution in [0.5, 0.6) is 0 Å². The van der Waals surface area contributed by atoms with Crippen LogP contribution >= 0.6 is 0 Å². The average Bonchev–Trinajstić information content (AvgIpc) is 3.93. The van der Waals surface area contributed by atoms with Gasteiger partial charge in [-0.1, -0.05) is 133 Å². The van der Waals surface area contributed by atoms with Gasteiger partial charge in [-0.15, -0.1) is 0 Å². The third-order valence-corrected chi connectivity index (χ3v) is 11.4. The second kappa shape index (κ2) is 12.0. The summed E-state index contributed by atoms with van der Waals surface area (Å²) in [7, 11) is 0. The van der Waals surface area contributed by atoms with Gasteiger partial charge < -0.3 is 18.3 Å². The highest BCUT2D eigenvalue weighted by Gasteiger charge is 2.24. The van der Waals surface area contributed by atoms with E-state index in [9.17, 15) is 0 Å². The van der Waals surface area contributed by atoms with E-state index in [1.54, 1.807) is 0 Å². The molecule has 0 spiro atoms. The van der Waals surface area contributed by atoms with Crippen LogP contribution in [0.4, 0.5) is 17.1 Å². The fraction of sp³-hybridized carbons (Fsp3) is 0. The molecule has 0 aliphatic rings. The van der Waals surface area contributed by atoms with Crippen molar-refractivity contribution in [2.45, 2.75) is 0 Å². The predicted octanol–water partition coefficient (Wildman–Crippen LogP) is 14.9. The number of anilines is 3. The van der Waals surface area contributed by atoms with E-state index in [-0.39, 0.29) is 0 Å². The monoisotopic (exact) mass is 716 g/mol. The van der Waals surface area contributed by atoms with Crippen molar-refractivity contribution in [2.24, 2.45) is 0 Å². The van der Waals surface area contributed by atoms with E-state index in [1.165, 1.54) is 27.2 Å². The molecule has 0 unspecified atom stereocenters. The van der Waals surface area contributed by atoms with Crippen molar-refractivity contribution < 1.29 is 8.83 Å². The number of furan rings is 2. The van der Waals surface area contributed by atoms with E-state index in [1.807, 2.05) is 12.1 Å². The SMILES string of the molecule is c1cc(N(c2ccccc2-c2cccc3c2oc2cc4ccccc4cc23)c2cccc3c2oc2ccccc23)cc(-n2c3ccccc3c3ccccc32)c1. The molecule has 9 aromatic carbocycles. The Morgan fingerprint density at radius 3 is 1.75 bits per heavy atom. The smallest absolute Gasteiger partial charge is 0.159 e. The molecule has 0 N–H and O–H groups in total. The van der Waals surface area contributed by atoms with E-state index in [0.29, 0.717) is 0 Å². The van der Waals surface area contributed by atoms with Crippen LogP contribution in [0.1, 0.15) is 0 Å². The lowest BCUT2D eigenvalue weighted by Gasteiger charge is -2.28.